The topological polar surface area (TPSA) is 67.3 Å². The number of benzene rings is 2. The number of aliphatic hydroxyl groups excluding tert-OH is 1. The average Bonchev–Trinajstić information content (AvgIpc) is 2.65. The van der Waals surface area contributed by atoms with Crippen LogP contribution in [0.3, 0.4) is 0 Å². The Bertz CT molecular complexity index is 966. The molecule has 5 nitrogen and oxygen atoms in total. The number of hydrogen-bond acceptors (Lipinski definition) is 5. The van der Waals surface area contributed by atoms with Crippen LogP contribution in [0.1, 0.15) is 31.0 Å². The lowest BCUT2D eigenvalue weighted by molar-refractivity contribution is -0.0642. The number of halogens is 2. The molecule has 28 heavy (non-hydrogen) atoms. The van der Waals surface area contributed by atoms with Crippen LogP contribution in [0.5, 0.6) is 5.75 Å². The molecule has 4 rings (SSSR count). The van der Waals surface area contributed by atoms with Crippen molar-refractivity contribution < 1.29 is 14.2 Å². The molecule has 0 spiro atoms. The van der Waals surface area contributed by atoms with E-state index >= 15 is 0 Å². The quantitative estimate of drug-likeness (QED) is 0.696. The molecule has 2 aromatic carbocycles. The SMILES string of the molecule is CC1(C)Oc2cc3nccnc3cc2[C@H](NCCc2ccc(F)cc2)[C@H]1O.Cl. The minimum absolute atomic E-state index is 0. The molecule has 0 aliphatic carbocycles. The zero-order valence-electron chi connectivity index (χ0n) is 15.7. The first-order chi connectivity index (χ1) is 12.9. The van der Waals surface area contributed by atoms with Crippen molar-refractivity contribution in [1.82, 2.24) is 15.3 Å². The number of nitrogens with one attached hydrogen (secondary N) is 1. The van der Waals surface area contributed by atoms with Crippen LogP contribution in [0.15, 0.2) is 48.8 Å². The largest absolute Gasteiger partial charge is 0.485 e. The Morgan fingerprint density at radius 1 is 1.11 bits per heavy atom. The molecule has 1 aliphatic heterocycles. The van der Waals surface area contributed by atoms with Crippen molar-refractivity contribution in [2.45, 2.75) is 38.0 Å². The van der Waals surface area contributed by atoms with Crippen LogP contribution < -0.4 is 10.1 Å². The monoisotopic (exact) mass is 403 g/mol. The summed E-state index contributed by atoms with van der Waals surface area (Å²) in [5, 5.41) is 14.3. The van der Waals surface area contributed by atoms with E-state index in [-0.39, 0.29) is 24.3 Å². The first-order valence-corrected chi connectivity index (χ1v) is 9.03. The highest BCUT2D eigenvalue weighted by molar-refractivity contribution is 5.85. The Labute approximate surface area is 169 Å². The van der Waals surface area contributed by atoms with Crippen molar-refractivity contribution >= 4 is 23.4 Å². The van der Waals surface area contributed by atoms with Gasteiger partial charge < -0.3 is 15.2 Å². The number of aromatic nitrogens is 2. The molecule has 1 aliphatic rings. The summed E-state index contributed by atoms with van der Waals surface area (Å²) >= 11 is 0. The second-order valence-corrected chi connectivity index (χ2v) is 7.39. The minimum atomic E-state index is -0.740. The van der Waals surface area contributed by atoms with Gasteiger partial charge in [-0.3, -0.25) is 9.97 Å². The first kappa shape index (κ1) is 20.5. The molecule has 0 bridgehead atoms. The molecule has 2 atom stereocenters. The van der Waals surface area contributed by atoms with Gasteiger partial charge in [0.05, 0.1) is 17.1 Å². The number of fused-ring (bicyclic) bond motifs is 2. The smallest absolute Gasteiger partial charge is 0.131 e. The maximum absolute atomic E-state index is 13.1. The fourth-order valence-corrected chi connectivity index (χ4v) is 3.50. The lowest BCUT2D eigenvalue weighted by Crippen LogP contribution is -2.52. The van der Waals surface area contributed by atoms with Crippen molar-refractivity contribution in [1.29, 1.82) is 0 Å². The number of hydrogen-bond donors (Lipinski definition) is 2. The van der Waals surface area contributed by atoms with Gasteiger partial charge in [-0.15, -0.1) is 12.4 Å². The van der Waals surface area contributed by atoms with Gasteiger partial charge in [-0.1, -0.05) is 12.1 Å². The molecule has 0 amide bonds. The fourth-order valence-electron chi connectivity index (χ4n) is 3.50. The van der Waals surface area contributed by atoms with E-state index < -0.39 is 11.7 Å². The van der Waals surface area contributed by atoms with E-state index in [4.69, 9.17) is 4.74 Å². The van der Waals surface area contributed by atoms with E-state index in [0.29, 0.717) is 12.3 Å². The second kappa shape index (κ2) is 7.99. The van der Waals surface area contributed by atoms with Crippen molar-refractivity contribution in [3.8, 4) is 5.75 Å². The highest BCUT2D eigenvalue weighted by Crippen LogP contribution is 2.41. The van der Waals surface area contributed by atoms with Crippen LogP contribution in [-0.2, 0) is 6.42 Å². The minimum Gasteiger partial charge on any atom is -0.485 e. The summed E-state index contributed by atoms with van der Waals surface area (Å²) in [6.45, 7) is 4.38. The zero-order valence-corrected chi connectivity index (χ0v) is 16.5. The second-order valence-electron chi connectivity index (χ2n) is 7.39. The molecule has 0 fully saturated rings. The standard InChI is InChI=1S/C21H22FN3O2.ClH/c1-21(2)20(26)19(25-8-7-13-3-5-14(22)6-4-13)15-11-16-17(12-18(15)27-21)24-10-9-23-16;/h3-6,9-12,19-20,25-26H,7-8H2,1-2H3;1H/t19-,20+;/m0./s1. The van der Waals surface area contributed by atoms with Gasteiger partial charge in [-0.05, 0) is 50.6 Å². The van der Waals surface area contributed by atoms with E-state index in [9.17, 15) is 9.50 Å². The number of ether oxygens (including phenoxy) is 1. The van der Waals surface area contributed by atoms with Gasteiger partial charge in [0.2, 0.25) is 0 Å². The van der Waals surface area contributed by atoms with Gasteiger partial charge in [0, 0.05) is 24.0 Å². The van der Waals surface area contributed by atoms with Crippen LogP contribution in [-0.4, -0.2) is 33.3 Å². The van der Waals surface area contributed by atoms with Gasteiger partial charge in [0.15, 0.2) is 0 Å². The molecule has 2 N–H and O–H groups in total. The maximum Gasteiger partial charge on any atom is 0.131 e. The van der Waals surface area contributed by atoms with Crippen molar-refractivity contribution in [2.24, 2.45) is 0 Å². The molecule has 0 unspecified atom stereocenters. The predicted octanol–water partition coefficient (Wildman–Crippen LogP) is 3.60. The van der Waals surface area contributed by atoms with E-state index in [0.717, 1.165) is 28.6 Å². The predicted molar refractivity (Wildman–Crippen MR) is 108 cm³/mol. The molecule has 148 valence electrons. The average molecular weight is 404 g/mol. The third kappa shape index (κ3) is 3.94. The molecule has 0 saturated carbocycles. The summed E-state index contributed by atoms with van der Waals surface area (Å²) < 4.78 is 19.1. The Morgan fingerprint density at radius 3 is 2.43 bits per heavy atom. The van der Waals surface area contributed by atoms with Crippen molar-refractivity contribution in [3.63, 3.8) is 0 Å². The zero-order chi connectivity index (χ0) is 19.0. The molecular weight excluding hydrogens is 381 g/mol. The Kier molecular flexibility index (Phi) is 5.84. The molecule has 0 radical (unpaired) electrons. The van der Waals surface area contributed by atoms with Gasteiger partial charge >= 0.3 is 0 Å². The van der Waals surface area contributed by atoms with Crippen LogP contribution in [0.2, 0.25) is 0 Å². The number of nitrogens with zero attached hydrogens (tertiary/aromatic N) is 2. The first-order valence-electron chi connectivity index (χ1n) is 9.03. The molecule has 7 heteroatoms. The van der Waals surface area contributed by atoms with Crippen LogP contribution in [0.25, 0.3) is 11.0 Å². The summed E-state index contributed by atoms with van der Waals surface area (Å²) in [5.41, 5.74) is 2.69. The molecule has 2 heterocycles. The Balaban J connectivity index is 0.00000225. The highest BCUT2D eigenvalue weighted by Gasteiger charge is 2.42. The molecule has 1 aromatic heterocycles. The van der Waals surface area contributed by atoms with Gasteiger partial charge in [-0.2, -0.15) is 0 Å². The van der Waals surface area contributed by atoms with Gasteiger partial charge in [-0.25, -0.2) is 4.39 Å². The van der Waals surface area contributed by atoms with Crippen LogP contribution in [0, 0.1) is 5.82 Å². The lowest BCUT2D eigenvalue weighted by atomic mass is 9.86. The lowest BCUT2D eigenvalue weighted by Gasteiger charge is -2.42. The normalized spacial score (nSPS) is 20.1. The van der Waals surface area contributed by atoms with Crippen LogP contribution >= 0.6 is 12.4 Å². The number of rotatable bonds is 4. The van der Waals surface area contributed by atoms with Gasteiger partial charge in [0.25, 0.3) is 0 Å². The summed E-state index contributed by atoms with van der Waals surface area (Å²) in [4.78, 5) is 8.69. The third-order valence-electron chi connectivity index (χ3n) is 5.03. The van der Waals surface area contributed by atoms with E-state index in [1.54, 1.807) is 24.5 Å². The van der Waals surface area contributed by atoms with E-state index in [2.05, 4.69) is 15.3 Å². The van der Waals surface area contributed by atoms with Gasteiger partial charge in [0.1, 0.15) is 23.3 Å². The number of aliphatic hydroxyl groups is 1. The molecule has 3 aromatic rings. The Hall–Kier alpha value is -2.28. The highest BCUT2D eigenvalue weighted by atomic mass is 35.5. The fraction of sp³-hybridized carbons (Fsp3) is 0.333. The molecular formula is C21H23ClFN3O2. The maximum atomic E-state index is 13.1. The Morgan fingerprint density at radius 2 is 1.75 bits per heavy atom. The van der Waals surface area contributed by atoms with Crippen LogP contribution in [0.4, 0.5) is 4.39 Å². The summed E-state index contributed by atoms with van der Waals surface area (Å²) in [7, 11) is 0. The van der Waals surface area contributed by atoms with Crippen molar-refractivity contribution in [2.75, 3.05) is 6.54 Å². The molecule has 0 saturated heterocycles. The van der Waals surface area contributed by atoms with E-state index in [1.807, 2.05) is 26.0 Å². The summed E-state index contributed by atoms with van der Waals surface area (Å²) in [5.74, 6) is 0.466. The van der Waals surface area contributed by atoms with Crippen molar-refractivity contribution in [3.05, 3.63) is 65.7 Å². The van der Waals surface area contributed by atoms with E-state index in [1.165, 1.54) is 12.1 Å². The summed E-state index contributed by atoms with van der Waals surface area (Å²) in [6.07, 6.45) is 3.30. The summed E-state index contributed by atoms with van der Waals surface area (Å²) in [6, 6.07) is 9.97. The third-order valence-corrected chi connectivity index (χ3v) is 5.03.